The monoisotopic (exact) mass is 276 g/mol. The fraction of sp³-hybridized carbons (Fsp3) is 0.750. The normalized spacial score (nSPS) is 16.0. The van der Waals surface area contributed by atoms with Gasteiger partial charge in [0.2, 0.25) is 0 Å². The second-order valence-corrected chi connectivity index (χ2v) is 5.89. The topological polar surface area (TPSA) is 41.1 Å². The summed E-state index contributed by atoms with van der Waals surface area (Å²) in [6, 6.07) is 0.569. The van der Waals surface area contributed by atoms with Crippen molar-refractivity contribution in [3.63, 3.8) is 0 Å². The van der Waals surface area contributed by atoms with Crippen LogP contribution in [0.25, 0.3) is 0 Å². The highest BCUT2D eigenvalue weighted by Crippen LogP contribution is 2.37. The smallest absolute Gasteiger partial charge is 0.137 e. The molecule has 2 rings (SSSR count). The Hall–Kier alpha value is -1.32. The molecule has 1 aliphatic rings. The summed E-state index contributed by atoms with van der Waals surface area (Å²) >= 11 is 0. The van der Waals surface area contributed by atoms with Crippen molar-refractivity contribution < 1.29 is 0 Å². The van der Waals surface area contributed by atoms with Crippen molar-refractivity contribution in [1.29, 1.82) is 0 Å². The lowest BCUT2D eigenvalue weighted by atomic mass is 10.1. The Kier molecular flexibility index (Phi) is 5.21. The summed E-state index contributed by atoms with van der Waals surface area (Å²) in [5.41, 5.74) is 1.28. The van der Waals surface area contributed by atoms with E-state index in [1.54, 1.807) is 6.33 Å². The van der Waals surface area contributed by atoms with Crippen LogP contribution in [0.15, 0.2) is 6.33 Å². The fourth-order valence-corrected chi connectivity index (χ4v) is 2.67. The molecular formula is C16H28N4. The molecule has 4 heteroatoms. The van der Waals surface area contributed by atoms with E-state index >= 15 is 0 Å². The van der Waals surface area contributed by atoms with Gasteiger partial charge in [0, 0.05) is 25.2 Å². The molecule has 0 saturated heterocycles. The molecule has 20 heavy (non-hydrogen) atoms. The van der Waals surface area contributed by atoms with Gasteiger partial charge in [-0.1, -0.05) is 20.3 Å². The zero-order valence-corrected chi connectivity index (χ0v) is 13.3. The summed E-state index contributed by atoms with van der Waals surface area (Å²) in [5, 5.41) is 3.45. The minimum Gasteiger partial charge on any atom is -0.370 e. The number of hydrogen-bond donors (Lipinski definition) is 1. The summed E-state index contributed by atoms with van der Waals surface area (Å²) < 4.78 is 0. The van der Waals surface area contributed by atoms with Crippen LogP contribution in [0.1, 0.15) is 52.0 Å². The van der Waals surface area contributed by atoms with Crippen molar-refractivity contribution in [3.05, 3.63) is 11.9 Å². The zero-order valence-electron chi connectivity index (χ0n) is 13.3. The molecule has 0 aromatic carbocycles. The molecule has 4 nitrogen and oxygen atoms in total. The van der Waals surface area contributed by atoms with Gasteiger partial charge in [-0.15, -0.1) is 0 Å². The average molecular weight is 276 g/mol. The van der Waals surface area contributed by atoms with Crippen molar-refractivity contribution >= 4 is 11.6 Å². The van der Waals surface area contributed by atoms with Crippen LogP contribution in [0.2, 0.25) is 0 Å². The first kappa shape index (κ1) is 15.1. The highest BCUT2D eigenvalue weighted by molar-refractivity contribution is 5.59. The van der Waals surface area contributed by atoms with Crippen molar-refractivity contribution in [1.82, 2.24) is 9.97 Å². The molecule has 1 unspecified atom stereocenters. The van der Waals surface area contributed by atoms with E-state index in [2.05, 4.69) is 48.0 Å². The summed E-state index contributed by atoms with van der Waals surface area (Å²) in [7, 11) is 2.17. The van der Waals surface area contributed by atoms with Gasteiger partial charge in [0.25, 0.3) is 0 Å². The lowest BCUT2D eigenvalue weighted by molar-refractivity contribution is 0.600. The SMILES string of the molecule is CCCNc1ncnc(N(C)C(C)C2CC2)c1CCC. The van der Waals surface area contributed by atoms with Crippen LogP contribution in [0.3, 0.4) is 0 Å². The Morgan fingerprint density at radius 1 is 1.30 bits per heavy atom. The molecule has 0 spiro atoms. The van der Waals surface area contributed by atoms with Gasteiger partial charge < -0.3 is 10.2 Å². The molecule has 0 bridgehead atoms. The Morgan fingerprint density at radius 2 is 2.05 bits per heavy atom. The van der Waals surface area contributed by atoms with Gasteiger partial charge in [0.15, 0.2) is 0 Å². The number of nitrogens with zero attached hydrogens (tertiary/aromatic N) is 3. The van der Waals surface area contributed by atoms with Gasteiger partial charge in [-0.3, -0.25) is 0 Å². The molecule has 1 fully saturated rings. The second-order valence-electron chi connectivity index (χ2n) is 5.89. The minimum atomic E-state index is 0.569. The second kappa shape index (κ2) is 6.91. The van der Waals surface area contributed by atoms with Gasteiger partial charge in [0.1, 0.15) is 18.0 Å². The Labute approximate surface area is 123 Å². The third-order valence-electron chi connectivity index (χ3n) is 4.21. The van der Waals surface area contributed by atoms with Gasteiger partial charge in [-0.2, -0.15) is 0 Å². The fourth-order valence-electron chi connectivity index (χ4n) is 2.67. The molecule has 1 N–H and O–H groups in total. The predicted molar refractivity (Wildman–Crippen MR) is 85.4 cm³/mol. The molecule has 1 aliphatic carbocycles. The van der Waals surface area contributed by atoms with E-state index in [1.807, 2.05) is 0 Å². The van der Waals surface area contributed by atoms with E-state index in [4.69, 9.17) is 0 Å². The molecule has 0 radical (unpaired) electrons. The van der Waals surface area contributed by atoms with Crippen LogP contribution >= 0.6 is 0 Å². The molecule has 112 valence electrons. The van der Waals surface area contributed by atoms with Gasteiger partial charge >= 0.3 is 0 Å². The third kappa shape index (κ3) is 3.41. The predicted octanol–water partition coefficient (Wildman–Crippen LogP) is 3.49. The highest BCUT2D eigenvalue weighted by atomic mass is 15.2. The molecule has 1 saturated carbocycles. The first-order valence-electron chi connectivity index (χ1n) is 7.99. The average Bonchev–Trinajstić information content (AvgIpc) is 3.29. The molecule has 1 atom stereocenters. The number of anilines is 2. The van der Waals surface area contributed by atoms with Crippen molar-refractivity contribution in [3.8, 4) is 0 Å². The lowest BCUT2D eigenvalue weighted by Crippen LogP contribution is -2.32. The van der Waals surface area contributed by atoms with Crippen LogP contribution in [0, 0.1) is 5.92 Å². The first-order valence-corrected chi connectivity index (χ1v) is 7.99. The number of nitrogens with one attached hydrogen (secondary N) is 1. The summed E-state index contributed by atoms with van der Waals surface area (Å²) in [5.74, 6) is 2.98. The van der Waals surface area contributed by atoms with Crippen molar-refractivity contribution in [2.24, 2.45) is 5.92 Å². The van der Waals surface area contributed by atoms with Gasteiger partial charge in [0.05, 0.1) is 0 Å². The number of hydrogen-bond acceptors (Lipinski definition) is 4. The maximum atomic E-state index is 4.57. The maximum Gasteiger partial charge on any atom is 0.137 e. The first-order chi connectivity index (χ1) is 9.69. The lowest BCUT2D eigenvalue weighted by Gasteiger charge is -2.28. The van der Waals surface area contributed by atoms with Crippen LogP contribution in [-0.4, -0.2) is 29.6 Å². The standard InChI is InChI=1S/C16H28N4/c1-5-7-14-15(17-10-6-2)18-11-19-16(14)20(4)12(3)13-8-9-13/h11-13H,5-10H2,1-4H3,(H,17,18,19). The summed E-state index contributed by atoms with van der Waals surface area (Å²) in [6.07, 6.45) is 7.68. The summed E-state index contributed by atoms with van der Waals surface area (Å²) in [6.45, 7) is 7.67. The van der Waals surface area contributed by atoms with Crippen molar-refractivity contribution in [2.75, 3.05) is 23.8 Å². The van der Waals surface area contributed by atoms with Crippen molar-refractivity contribution in [2.45, 2.75) is 58.9 Å². The van der Waals surface area contributed by atoms with E-state index in [0.29, 0.717) is 6.04 Å². The summed E-state index contributed by atoms with van der Waals surface area (Å²) in [4.78, 5) is 11.4. The minimum absolute atomic E-state index is 0.569. The molecule has 1 aromatic heterocycles. The van der Waals surface area contributed by atoms with Gasteiger partial charge in [-0.25, -0.2) is 9.97 Å². The zero-order chi connectivity index (χ0) is 14.5. The molecule has 0 aliphatic heterocycles. The van der Waals surface area contributed by atoms with E-state index < -0.39 is 0 Å². The molecule has 0 amide bonds. The molecular weight excluding hydrogens is 248 g/mol. The maximum absolute atomic E-state index is 4.57. The van der Waals surface area contributed by atoms with E-state index in [0.717, 1.165) is 43.4 Å². The quantitative estimate of drug-likeness (QED) is 0.789. The highest BCUT2D eigenvalue weighted by Gasteiger charge is 2.32. The largest absolute Gasteiger partial charge is 0.370 e. The van der Waals surface area contributed by atoms with Crippen LogP contribution < -0.4 is 10.2 Å². The number of aromatic nitrogens is 2. The Morgan fingerprint density at radius 3 is 2.65 bits per heavy atom. The van der Waals surface area contributed by atoms with E-state index in [-0.39, 0.29) is 0 Å². The Balaban J connectivity index is 2.24. The van der Waals surface area contributed by atoms with Crippen LogP contribution in [0.5, 0.6) is 0 Å². The van der Waals surface area contributed by atoms with Gasteiger partial charge in [-0.05, 0) is 38.5 Å². The van der Waals surface area contributed by atoms with E-state index in [1.165, 1.54) is 18.4 Å². The van der Waals surface area contributed by atoms with Crippen LogP contribution in [-0.2, 0) is 6.42 Å². The molecule has 1 aromatic rings. The van der Waals surface area contributed by atoms with E-state index in [9.17, 15) is 0 Å². The molecule has 1 heterocycles. The number of rotatable bonds is 8. The Bertz CT molecular complexity index is 428. The third-order valence-corrected chi connectivity index (χ3v) is 4.21. The van der Waals surface area contributed by atoms with Crippen LogP contribution in [0.4, 0.5) is 11.6 Å².